The molecular formula is C20H25N3O2S. The predicted octanol–water partition coefficient (Wildman–Crippen LogP) is 2.76. The molecule has 6 heteroatoms. The third kappa shape index (κ3) is 4.38. The first kappa shape index (κ1) is 18.8. The molecule has 0 N–H and O–H groups in total. The van der Waals surface area contributed by atoms with E-state index < -0.39 is 10.0 Å². The van der Waals surface area contributed by atoms with Crippen LogP contribution < -0.4 is 0 Å². The summed E-state index contributed by atoms with van der Waals surface area (Å²) in [6.07, 6.45) is 6.56. The summed E-state index contributed by atoms with van der Waals surface area (Å²) in [6.45, 7) is 1.45. The molecule has 0 unspecified atom stereocenters. The van der Waals surface area contributed by atoms with Crippen LogP contribution in [0.3, 0.4) is 0 Å². The highest BCUT2D eigenvalue weighted by atomic mass is 32.2. The van der Waals surface area contributed by atoms with Crippen molar-refractivity contribution in [2.75, 3.05) is 27.2 Å². The van der Waals surface area contributed by atoms with Gasteiger partial charge in [0.25, 0.3) is 0 Å². The number of rotatable bonds is 7. The lowest BCUT2D eigenvalue weighted by molar-refractivity contribution is 0.330. The van der Waals surface area contributed by atoms with Gasteiger partial charge >= 0.3 is 0 Å². The number of allylic oxidation sites excluding steroid dienone is 1. The Morgan fingerprint density at radius 1 is 1.04 bits per heavy atom. The Labute approximate surface area is 156 Å². The van der Waals surface area contributed by atoms with Gasteiger partial charge in [-0.05, 0) is 55.8 Å². The fraction of sp³-hybridized carbons (Fsp3) is 0.350. The Bertz CT molecular complexity index is 877. The maximum atomic E-state index is 13.3. The van der Waals surface area contributed by atoms with Crippen LogP contribution in [0.2, 0.25) is 0 Å². The molecule has 5 nitrogen and oxygen atoms in total. The molecule has 0 aliphatic heterocycles. The van der Waals surface area contributed by atoms with E-state index in [9.17, 15) is 8.42 Å². The summed E-state index contributed by atoms with van der Waals surface area (Å²) in [5.41, 5.74) is 3.11. The summed E-state index contributed by atoms with van der Waals surface area (Å²) in [5, 5.41) is 0. The van der Waals surface area contributed by atoms with Gasteiger partial charge < -0.3 is 4.90 Å². The van der Waals surface area contributed by atoms with Gasteiger partial charge in [0.2, 0.25) is 10.0 Å². The first-order chi connectivity index (χ1) is 12.5. The lowest BCUT2D eigenvalue weighted by Crippen LogP contribution is -2.37. The van der Waals surface area contributed by atoms with E-state index in [1.807, 2.05) is 55.4 Å². The van der Waals surface area contributed by atoms with Crippen LogP contribution in [0.4, 0.5) is 0 Å². The minimum atomic E-state index is -3.52. The number of likely N-dealkylation sites (N-methyl/N-ethyl adjacent to an activating group) is 1. The van der Waals surface area contributed by atoms with Gasteiger partial charge in [0, 0.05) is 32.0 Å². The third-order valence-electron chi connectivity index (χ3n) is 4.56. The average molecular weight is 372 g/mol. The molecule has 0 fully saturated rings. The average Bonchev–Trinajstić information content (AvgIpc) is 2.65. The van der Waals surface area contributed by atoms with Crippen LogP contribution in [-0.2, 0) is 23.0 Å². The Morgan fingerprint density at radius 2 is 1.85 bits per heavy atom. The number of pyridine rings is 1. The predicted molar refractivity (Wildman–Crippen MR) is 105 cm³/mol. The Morgan fingerprint density at radius 3 is 2.58 bits per heavy atom. The molecule has 0 atom stereocenters. The van der Waals surface area contributed by atoms with Crippen LogP contribution in [0.15, 0.2) is 53.7 Å². The Kier molecular flexibility index (Phi) is 5.86. The Balaban J connectivity index is 1.90. The first-order valence-electron chi connectivity index (χ1n) is 8.79. The number of aromatic nitrogens is 1. The van der Waals surface area contributed by atoms with E-state index in [2.05, 4.69) is 11.1 Å². The van der Waals surface area contributed by atoms with Crippen molar-refractivity contribution in [1.29, 1.82) is 0 Å². The van der Waals surface area contributed by atoms with Crippen molar-refractivity contribution < 1.29 is 8.42 Å². The maximum absolute atomic E-state index is 13.3. The van der Waals surface area contributed by atoms with Crippen LogP contribution in [0, 0.1) is 0 Å². The second kappa shape index (κ2) is 8.12. The highest BCUT2D eigenvalue weighted by Crippen LogP contribution is 2.29. The topological polar surface area (TPSA) is 53.5 Å². The molecule has 1 aromatic carbocycles. The smallest absolute Gasteiger partial charge is 0.239 e. The van der Waals surface area contributed by atoms with Crippen molar-refractivity contribution in [2.45, 2.75) is 19.4 Å². The standard InChI is InChI=1S/C20H25N3O2S/c1-22(2)12-13-23(16-17-6-5-11-21-15-17)26(24,25)20-10-9-18-7-3-4-8-19(18)14-20/h3-8,11,14-15H,9-10,12-13,16H2,1-2H3. The lowest BCUT2D eigenvalue weighted by Gasteiger charge is -2.26. The Hall–Kier alpha value is -2.02. The number of fused-ring (bicyclic) bond motifs is 1. The van der Waals surface area contributed by atoms with E-state index in [1.165, 1.54) is 5.56 Å². The number of benzene rings is 1. The number of aryl methyl sites for hydroxylation is 1. The third-order valence-corrected chi connectivity index (χ3v) is 6.54. The summed E-state index contributed by atoms with van der Waals surface area (Å²) in [7, 11) is 0.378. The highest BCUT2D eigenvalue weighted by Gasteiger charge is 2.28. The van der Waals surface area contributed by atoms with Gasteiger partial charge in [-0.25, -0.2) is 8.42 Å². The zero-order chi connectivity index (χ0) is 18.6. The van der Waals surface area contributed by atoms with Crippen LogP contribution in [0.25, 0.3) is 6.08 Å². The molecule has 2 aromatic rings. The van der Waals surface area contributed by atoms with Crippen molar-refractivity contribution in [3.05, 3.63) is 70.4 Å². The van der Waals surface area contributed by atoms with Crippen molar-refractivity contribution in [3.63, 3.8) is 0 Å². The molecule has 1 aromatic heterocycles. The maximum Gasteiger partial charge on any atom is 0.239 e. The largest absolute Gasteiger partial charge is 0.308 e. The molecule has 0 radical (unpaired) electrons. The van der Waals surface area contributed by atoms with E-state index in [0.717, 1.165) is 17.5 Å². The van der Waals surface area contributed by atoms with E-state index in [-0.39, 0.29) is 0 Å². The molecule has 26 heavy (non-hydrogen) atoms. The molecule has 0 saturated heterocycles. The number of hydrogen-bond acceptors (Lipinski definition) is 4. The molecule has 1 aliphatic carbocycles. The van der Waals surface area contributed by atoms with E-state index in [1.54, 1.807) is 16.7 Å². The summed E-state index contributed by atoms with van der Waals surface area (Å²) in [4.78, 5) is 6.61. The van der Waals surface area contributed by atoms with Crippen LogP contribution in [0.5, 0.6) is 0 Å². The quantitative estimate of drug-likeness (QED) is 0.751. The van der Waals surface area contributed by atoms with Crippen LogP contribution >= 0.6 is 0 Å². The fourth-order valence-electron chi connectivity index (χ4n) is 3.07. The van der Waals surface area contributed by atoms with Crippen LogP contribution in [0.1, 0.15) is 23.1 Å². The van der Waals surface area contributed by atoms with Crippen molar-refractivity contribution in [1.82, 2.24) is 14.2 Å². The minimum Gasteiger partial charge on any atom is -0.308 e. The molecule has 1 heterocycles. The molecule has 1 aliphatic rings. The summed E-state index contributed by atoms with van der Waals surface area (Å²) in [6, 6.07) is 11.7. The fourth-order valence-corrected chi connectivity index (χ4v) is 4.68. The van der Waals surface area contributed by atoms with E-state index in [0.29, 0.717) is 31.0 Å². The van der Waals surface area contributed by atoms with Gasteiger partial charge in [0.1, 0.15) is 0 Å². The SMILES string of the molecule is CN(C)CCN(Cc1cccnc1)S(=O)(=O)C1=Cc2ccccc2CC1. The molecule has 0 spiro atoms. The van der Waals surface area contributed by atoms with Gasteiger partial charge in [-0.3, -0.25) is 4.98 Å². The van der Waals surface area contributed by atoms with Crippen molar-refractivity contribution >= 4 is 16.1 Å². The second-order valence-corrected chi connectivity index (χ2v) is 8.80. The zero-order valence-corrected chi connectivity index (χ0v) is 16.1. The highest BCUT2D eigenvalue weighted by molar-refractivity contribution is 7.93. The number of nitrogens with zero attached hydrogens (tertiary/aromatic N) is 3. The molecule has 138 valence electrons. The molecular weight excluding hydrogens is 346 g/mol. The lowest BCUT2D eigenvalue weighted by atomic mass is 9.98. The van der Waals surface area contributed by atoms with Gasteiger partial charge in [-0.2, -0.15) is 4.31 Å². The normalized spacial score (nSPS) is 14.4. The van der Waals surface area contributed by atoms with E-state index in [4.69, 9.17) is 0 Å². The summed E-state index contributed by atoms with van der Waals surface area (Å²) >= 11 is 0. The zero-order valence-electron chi connectivity index (χ0n) is 15.3. The van der Waals surface area contributed by atoms with E-state index >= 15 is 0 Å². The summed E-state index contributed by atoms with van der Waals surface area (Å²) < 4.78 is 28.2. The van der Waals surface area contributed by atoms with Gasteiger partial charge in [0.15, 0.2) is 0 Å². The number of sulfonamides is 1. The molecule has 0 amide bonds. The van der Waals surface area contributed by atoms with Crippen LogP contribution in [-0.4, -0.2) is 49.8 Å². The second-order valence-electron chi connectivity index (χ2n) is 6.81. The molecule has 0 saturated carbocycles. The van der Waals surface area contributed by atoms with Crippen molar-refractivity contribution in [2.24, 2.45) is 0 Å². The molecule has 0 bridgehead atoms. The monoisotopic (exact) mass is 371 g/mol. The van der Waals surface area contributed by atoms with Crippen molar-refractivity contribution in [3.8, 4) is 0 Å². The first-order valence-corrected chi connectivity index (χ1v) is 10.2. The van der Waals surface area contributed by atoms with Gasteiger partial charge in [-0.1, -0.05) is 30.3 Å². The van der Waals surface area contributed by atoms with Gasteiger partial charge in [0.05, 0.1) is 4.91 Å². The molecule has 3 rings (SSSR count). The van der Waals surface area contributed by atoms with Gasteiger partial charge in [-0.15, -0.1) is 0 Å². The number of hydrogen-bond donors (Lipinski definition) is 0. The minimum absolute atomic E-state index is 0.336. The summed E-state index contributed by atoms with van der Waals surface area (Å²) in [5.74, 6) is 0.